The zero-order chi connectivity index (χ0) is 21.4. The number of fused-ring (bicyclic) bond motifs is 1. The van der Waals surface area contributed by atoms with Crippen molar-refractivity contribution in [1.29, 1.82) is 0 Å². The topological polar surface area (TPSA) is 92.6 Å². The summed E-state index contributed by atoms with van der Waals surface area (Å²) >= 11 is 5.97. The van der Waals surface area contributed by atoms with Gasteiger partial charge in [0, 0.05) is 23.5 Å². The van der Waals surface area contributed by atoms with E-state index in [1.807, 2.05) is 0 Å². The molecule has 9 heteroatoms. The number of halogens is 1. The second kappa shape index (κ2) is 7.78. The maximum absolute atomic E-state index is 12.7. The lowest BCUT2D eigenvalue weighted by atomic mass is 10.1. The van der Waals surface area contributed by atoms with E-state index in [4.69, 9.17) is 11.6 Å². The first kappa shape index (κ1) is 21.3. The van der Waals surface area contributed by atoms with Crippen molar-refractivity contribution in [1.82, 2.24) is 19.4 Å². The Bertz CT molecular complexity index is 1180. The molecule has 0 unspecified atom stereocenters. The smallest absolute Gasteiger partial charge is 0.251 e. The fourth-order valence-electron chi connectivity index (χ4n) is 2.84. The molecule has 154 valence electrons. The van der Waals surface area contributed by atoms with Gasteiger partial charge in [-0.3, -0.25) is 4.79 Å². The number of imidazole rings is 1. The normalized spacial score (nSPS) is 12.3. The van der Waals surface area contributed by atoms with Crippen LogP contribution in [0.4, 0.5) is 0 Å². The Morgan fingerprint density at radius 2 is 1.90 bits per heavy atom. The lowest BCUT2D eigenvalue weighted by molar-refractivity contribution is 0.0949. The molecule has 2 N–H and O–H groups in total. The Morgan fingerprint density at radius 3 is 2.59 bits per heavy atom. The predicted octanol–water partition coefficient (Wildman–Crippen LogP) is 3.30. The van der Waals surface area contributed by atoms with Gasteiger partial charge in [-0.25, -0.2) is 18.1 Å². The summed E-state index contributed by atoms with van der Waals surface area (Å²) in [5.41, 5.74) is 1.73. The third kappa shape index (κ3) is 5.14. The number of pyridine rings is 1. The zero-order valence-corrected chi connectivity index (χ0v) is 18.2. The summed E-state index contributed by atoms with van der Waals surface area (Å²) < 4.78 is 29.5. The third-order valence-electron chi connectivity index (χ3n) is 4.10. The molecule has 7 nitrogen and oxygen atoms in total. The third-order valence-corrected chi connectivity index (χ3v) is 6.08. The number of carbonyl (C=O) groups excluding carboxylic acids is 1. The van der Waals surface area contributed by atoms with Crippen LogP contribution in [0.3, 0.4) is 0 Å². The largest absolute Gasteiger partial charge is 0.346 e. The van der Waals surface area contributed by atoms with Gasteiger partial charge in [-0.05, 0) is 57.5 Å². The van der Waals surface area contributed by atoms with Crippen molar-refractivity contribution < 1.29 is 13.2 Å². The van der Waals surface area contributed by atoms with E-state index >= 15 is 0 Å². The van der Waals surface area contributed by atoms with Crippen LogP contribution >= 0.6 is 11.6 Å². The van der Waals surface area contributed by atoms with E-state index in [9.17, 15) is 13.2 Å². The molecule has 0 aliphatic heterocycles. The van der Waals surface area contributed by atoms with Gasteiger partial charge >= 0.3 is 0 Å². The minimum Gasteiger partial charge on any atom is -0.346 e. The molecular formula is C20H23ClN4O3S. The maximum Gasteiger partial charge on any atom is 0.251 e. The average Bonchev–Trinajstić information content (AvgIpc) is 2.99. The molecule has 2 aromatic heterocycles. The van der Waals surface area contributed by atoms with Gasteiger partial charge in [0.2, 0.25) is 10.0 Å². The highest BCUT2D eigenvalue weighted by Gasteiger charge is 2.23. The number of hydrogen-bond acceptors (Lipinski definition) is 4. The first-order chi connectivity index (χ1) is 13.4. The first-order valence-corrected chi connectivity index (χ1v) is 10.9. The molecule has 3 aromatic rings. The van der Waals surface area contributed by atoms with E-state index in [1.54, 1.807) is 62.7 Å². The van der Waals surface area contributed by atoms with Gasteiger partial charge in [0.25, 0.3) is 5.91 Å². The number of hydrogen-bond donors (Lipinski definition) is 2. The van der Waals surface area contributed by atoms with Gasteiger partial charge in [0.05, 0.1) is 22.2 Å². The van der Waals surface area contributed by atoms with Crippen LogP contribution in [0.1, 0.15) is 42.4 Å². The van der Waals surface area contributed by atoms with E-state index in [2.05, 4.69) is 15.0 Å². The van der Waals surface area contributed by atoms with Crippen LogP contribution in [0, 0.1) is 6.92 Å². The predicted molar refractivity (Wildman–Crippen MR) is 113 cm³/mol. The van der Waals surface area contributed by atoms with Gasteiger partial charge in [-0.1, -0.05) is 17.7 Å². The van der Waals surface area contributed by atoms with Crippen molar-refractivity contribution in [3.8, 4) is 0 Å². The number of aromatic nitrogens is 2. The van der Waals surface area contributed by atoms with Gasteiger partial charge in [0.15, 0.2) is 0 Å². The number of amides is 1. The summed E-state index contributed by atoms with van der Waals surface area (Å²) in [6.45, 7) is 7.24. The Labute approximate surface area is 175 Å². The number of sulfonamides is 1. The van der Waals surface area contributed by atoms with Crippen molar-refractivity contribution in [2.24, 2.45) is 0 Å². The Hall–Kier alpha value is -2.42. The first-order valence-electron chi connectivity index (χ1n) is 9.01. The lowest BCUT2D eigenvalue weighted by Gasteiger charge is -2.20. The summed E-state index contributed by atoms with van der Waals surface area (Å²) in [6, 6.07) is 8.04. The zero-order valence-electron chi connectivity index (χ0n) is 16.7. The second-order valence-corrected chi connectivity index (χ2v) is 9.98. The molecule has 29 heavy (non-hydrogen) atoms. The molecule has 0 fully saturated rings. The summed E-state index contributed by atoms with van der Waals surface area (Å²) in [5.74, 6) is -0.370. The number of nitrogens with one attached hydrogen (secondary N) is 2. The van der Waals surface area contributed by atoms with Crippen LogP contribution in [-0.4, -0.2) is 29.2 Å². The summed E-state index contributed by atoms with van der Waals surface area (Å²) in [7, 11) is -3.74. The van der Waals surface area contributed by atoms with E-state index in [1.165, 1.54) is 12.1 Å². The highest BCUT2D eigenvalue weighted by molar-refractivity contribution is 7.89. The molecule has 0 saturated carbocycles. The average molecular weight is 435 g/mol. The number of carbonyl (C=O) groups is 1. The molecule has 0 atom stereocenters. The highest BCUT2D eigenvalue weighted by atomic mass is 35.5. The quantitative estimate of drug-likeness (QED) is 0.644. The molecule has 1 amide bonds. The maximum atomic E-state index is 12.7. The molecule has 0 aliphatic carbocycles. The minimum absolute atomic E-state index is 0.0468. The molecule has 0 spiro atoms. The Kier molecular flexibility index (Phi) is 5.71. The van der Waals surface area contributed by atoms with Crippen molar-refractivity contribution in [2.45, 2.75) is 44.7 Å². The van der Waals surface area contributed by atoms with Crippen molar-refractivity contribution >= 4 is 33.2 Å². The Morgan fingerprint density at radius 1 is 1.17 bits per heavy atom. The van der Waals surface area contributed by atoms with Crippen LogP contribution in [0.5, 0.6) is 0 Å². The highest BCUT2D eigenvalue weighted by Crippen LogP contribution is 2.18. The molecule has 0 radical (unpaired) electrons. The lowest BCUT2D eigenvalue weighted by Crippen LogP contribution is -2.40. The molecular weight excluding hydrogens is 412 g/mol. The van der Waals surface area contributed by atoms with Crippen LogP contribution in [0.25, 0.3) is 5.65 Å². The van der Waals surface area contributed by atoms with Gasteiger partial charge in [-0.15, -0.1) is 0 Å². The van der Waals surface area contributed by atoms with Crippen LogP contribution in [0.15, 0.2) is 47.6 Å². The van der Waals surface area contributed by atoms with Crippen LogP contribution in [0.2, 0.25) is 5.02 Å². The molecule has 3 rings (SSSR count). The number of benzene rings is 1. The SMILES string of the molecule is Cc1ccc(S(=O)(=O)NC(C)(C)C)cc1C(=O)NCc1cn2cc(Cl)ccc2n1. The molecule has 2 heterocycles. The minimum atomic E-state index is -3.74. The van der Waals surface area contributed by atoms with Crippen molar-refractivity contribution in [3.05, 3.63) is 64.6 Å². The van der Waals surface area contributed by atoms with Crippen molar-refractivity contribution in [2.75, 3.05) is 0 Å². The monoisotopic (exact) mass is 434 g/mol. The van der Waals surface area contributed by atoms with E-state index in [0.717, 1.165) is 5.65 Å². The molecule has 0 bridgehead atoms. The van der Waals surface area contributed by atoms with Crippen molar-refractivity contribution in [3.63, 3.8) is 0 Å². The summed E-state index contributed by atoms with van der Waals surface area (Å²) in [5, 5.41) is 3.38. The summed E-state index contributed by atoms with van der Waals surface area (Å²) in [6.07, 6.45) is 3.51. The fraction of sp³-hybridized carbons (Fsp3) is 0.300. The van der Waals surface area contributed by atoms with Gasteiger partial charge in [-0.2, -0.15) is 0 Å². The number of aryl methyl sites for hydroxylation is 1. The fourth-order valence-corrected chi connectivity index (χ4v) is 4.46. The van der Waals surface area contributed by atoms with E-state index in [0.29, 0.717) is 21.8 Å². The summed E-state index contributed by atoms with van der Waals surface area (Å²) in [4.78, 5) is 17.2. The van der Waals surface area contributed by atoms with E-state index < -0.39 is 15.6 Å². The second-order valence-electron chi connectivity index (χ2n) is 7.86. The van der Waals surface area contributed by atoms with Crippen LogP contribution in [-0.2, 0) is 16.6 Å². The molecule has 0 saturated heterocycles. The van der Waals surface area contributed by atoms with Gasteiger partial charge < -0.3 is 9.72 Å². The number of nitrogens with zero attached hydrogens (tertiary/aromatic N) is 2. The standard InChI is InChI=1S/C20H23ClN4O3S/c1-13-5-7-16(29(27,28)24-20(2,3)4)9-17(13)19(26)22-10-15-12-25-11-14(21)6-8-18(25)23-15/h5-9,11-12,24H,10H2,1-4H3,(H,22,26). The van der Waals surface area contributed by atoms with E-state index in [-0.39, 0.29) is 17.3 Å². The van der Waals surface area contributed by atoms with Crippen LogP contribution < -0.4 is 10.0 Å². The Balaban J connectivity index is 1.79. The molecule has 0 aliphatic rings. The van der Waals surface area contributed by atoms with Gasteiger partial charge in [0.1, 0.15) is 5.65 Å². The molecule has 1 aromatic carbocycles. The number of rotatable bonds is 5.